The Morgan fingerprint density at radius 1 is 1.60 bits per heavy atom. The van der Waals surface area contributed by atoms with E-state index in [0.29, 0.717) is 0 Å². The Morgan fingerprint density at radius 2 is 2.50 bits per heavy atom. The summed E-state index contributed by atoms with van der Waals surface area (Å²) in [4.78, 5) is 0. The lowest BCUT2D eigenvalue weighted by Gasteiger charge is -2.06. The normalized spacial score (nSPS) is 24.5. The van der Waals surface area contributed by atoms with Crippen LogP contribution in [0.5, 0.6) is 0 Å². The van der Waals surface area contributed by atoms with Gasteiger partial charge in [0.1, 0.15) is 0 Å². The SMILES string of the molecule is C#CCCCC1CCCN1. The molecule has 1 heteroatoms. The van der Waals surface area contributed by atoms with Crippen molar-refractivity contribution in [3.8, 4) is 12.3 Å². The monoisotopic (exact) mass is 137 g/mol. The maximum atomic E-state index is 5.14. The number of hydrogen-bond acceptors (Lipinski definition) is 1. The molecule has 0 aromatic carbocycles. The lowest BCUT2D eigenvalue weighted by atomic mass is 10.1. The first-order valence-corrected chi connectivity index (χ1v) is 4.10. The molecule has 1 aliphatic heterocycles. The molecule has 0 radical (unpaired) electrons. The molecule has 1 unspecified atom stereocenters. The maximum absolute atomic E-state index is 5.14. The highest BCUT2D eigenvalue weighted by molar-refractivity contribution is 4.84. The van der Waals surface area contributed by atoms with Gasteiger partial charge in [0.2, 0.25) is 0 Å². The Hall–Kier alpha value is -0.480. The van der Waals surface area contributed by atoms with Crippen molar-refractivity contribution in [2.75, 3.05) is 6.54 Å². The third kappa shape index (κ3) is 2.41. The van der Waals surface area contributed by atoms with Crippen LogP contribution in [0.25, 0.3) is 0 Å². The number of nitrogens with one attached hydrogen (secondary N) is 1. The van der Waals surface area contributed by atoms with Crippen molar-refractivity contribution in [3.63, 3.8) is 0 Å². The van der Waals surface area contributed by atoms with Gasteiger partial charge in [0.15, 0.2) is 0 Å². The van der Waals surface area contributed by atoms with Gasteiger partial charge < -0.3 is 5.32 Å². The van der Waals surface area contributed by atoms with Crippen LogP contribution in [0.3, 0.4) is 0 Å². The predicted molar refractivity (Wildman–Crippen MR) is 43.7 cm³/mol. The molecule has 1 rings (SSSR count). The second-order valence-electron chi connectivity index (χ2n) is 2.89. The van der Waals surface area contributed by atoms with Gasteiger partial charge in [-0.3, -0.25) is 0 Å². The van der Waals surface area contributed by atoms with Gasteiger partial charge in [-0.25, -0.2) is 0 Å². The number of unbranched alkanes of at least 4 members (excludes halogenated alkanes) is 1. The zero-order valence-electron chi connectivity index (χ0n) is 6.40. The molecule has 0 aromatic rings. The van der Waals surface area contributed by atoms with Crippen LogP contribution in [-0.4, -0.2) is 12.6 Å². The summed E-state index contributed by atoms with van der Waals surface area (Å²) in [5.41, 5.74) is 0. The summed E-state index contributed by atoms with van der Waals surface area (Å²) in [6.07, 6.45) is 11.2. The van der Waals surface area contributed by atoms with Crippen LogP contribution < -0.4 is 5.32 Å². The second kappa shape index (κ2) is 4.35. The van der Waals surface area contributed by atoms with Gasteiger partial charge in [-0.1, -0.05) is 0 Å². The van der Waals surface area contributed by atoms with Crippen molar-refractivity contribution in [2.24, 2.45) is 0 Å². The fraction of sp³-hybridized carbons (Fsp3) is 0.778. The standard InChI is InChI=1S/C9H15N/c1-2-3-4-6-9-7-5-8-10-9/h1,9-10H,3-8H2. The van der Waals surface area contributed by atoms with E-state index >= 15 is 0 Å². The van der Waals surface area contributed by atoms with E-state index in [1.165, 1.54) is 32.2 Å². The van der Waals surface area contributed by atoms with E-state index in [1.54, 1.807) is 0 Å². The molecule has 1 heterocycles. The zero-order valence-corrected chi connectivity index (χ0v) is 6.40. The smallest absolute Gasteiger partial charge is 0.00866 e. The first-order chi connectivity index (χ1) is 4.93. The van der Waals surface area contributed by atoms with Crippen LogP contribution in [0.1, 0.15) is 32.1 Å². The Labute approximate surface area is 63.2 Å². The summed E-state index contributed by atoms with van der Waals surface area (Å²) in [6.45, 7) is 1.21. The minimum absolute atomic E-state index is 0.772. The van der Waals surface area contributed by atoms with Crippen molar-refractivity contribution in [2.45, 2.75) is 38.1 Å². The molecule has 0 saturated carbocycles. The minimum atomic E-state index is 0.772. The molecule has 0 aromatic heterocycles. The topological polar surface area (TPSA) is 12.0 Å². The highest BCUT2D eigenvalue weighted by atomic mass is 14.9. The van der Waals surface area contributed by atoms with E-state index in [1.807, 2.05) is 0 Å². The van der Waals surface area contributed by atoms with E-state index in [2.05, 4.69) is 11.2 Å². The molecule has 1 saturated heterocycles. The Kier molecular flexibility index (Phi) is 3.32. The Morgan fingerprint density at radius 3 is 3.10 bits per heavy atom. The lowest BCUT2D eigenvalue weighted by molar-refractivity contribution is 0.541. The molecule has 1 nitrogen and oxygen atoms in total. The van der Waals surface area contributed by atoms with E-state index in [0.717, 1.165) is 12.5 Å². The molecule has 0 amide bonds. The molecule has 1 N–H and O–H groups in total. The molecule has 10 heavy (non-hydrogen) atoms. The summed E-state index contributed by atoms with van der Waals surface area (Å²) in [6, 6.07) is 0.772. The Balaban J connectivity index is 1.97. The quantitative estimate of drug-likeness (QED) is 0.459. The van der Waals surface area contributed by atoms with E-state index < -0.39 is 0 Å². The third-order valence-corrected chi connectivity index (χ3v) is 2.04. The van der Waals surface area contributed by atoms with Crippen molar-refractivity contribution in [1.82, 2.24) is 5.32 Å². The highest BCUT2D eigenvalue weighted by Crippen LogP contribution is 2.11. The van der Waals surface area contributed by atoms with Gasteiger partial charge in [-0.05, 0) is 32.2 Å². The minimum Gasteiger partial charge on any atom is -0.314 e. The van der Waals surface area contributed by atoms with Gasteiger partial charge in [-0.15, -0.1) is 12.3 Å². The lowest BCUT2D eigenvalue weighted by Crippen LogP contribution is -2.20. The van der Waals surface area contributed by atoms with Crippen LogP contribution >= 0.6 is 0 Å². The van der Waals surface area contributed by atoms with Crippen LogP contribution in [0.4, 0.5) is 0 Å². The third-order valence-electron chi connectivity index (χ3n) is 2.04. The molecule has 56 valence electrons. The highest BCUT2D eigenvalue weighted by Gasteiger charge is 2.12. The molecule has 0 bridgehead atoms. The van der Waals surface area contributed by atoms with Crippen molar-refractivity contribution in [3.05, 3.63) is 0 Å². The van der Waals surface area contributed by atoms with E-state index in [9.17, 15) is 0 Å². The van der Waals surface area contributed by atoms with Crippen molar-refractivity contribution < 1.29 is 0 Å². The predicted octanol–water partition coefficient (Wildman–Crippen LogP) is 1.54. The van der Waals surface area contributed by atoms with Gasteiger partial charge in [0, 0.05) is 12.5 Å². The maximum Gasteiger partial charge on any atom is 0.00866 e. The Bertz CT molecular complexity index is 117. The molecule has 0 spiro atoms. The number of terminal acetylenes is 1. The first-order valence-electron chi connectivity index (χ1n) is 4.10. The first kappa shape index (κ1) is 7.63. The molecule has 1 aliphatic rings. The summed E-state index contributed by atoms with van der Waals surface area (Å²) in [5.74, 6) is 2.66. The molecular weight excluding hydrogens is 122 g/mol. The fourth-order valence-electron chi connectivity index (χ4n) is 1.45. The summed E-state index contributed by atoms with van der Waals surface area (Å²) < 4.78 is 0. The van der Waals surface area contributed by atoms with Gasteiger partial charge in [0.25, 0.3) is 0 Å². The average Bonchev–Trinajstić information content (AvgIpc) is 2.41. The molecular formula is C9H15N. The van der Waals surface area contributed by atoms with Gasteiger partial charge >= 0.3 is 0 Å². The zero-order chi connectivity index (χ0) is 7.23. The van der Waals surface area contributed by atoms with E-state index in [4.69, 9.17) is 6.42 Å². The molecule has 1 fully saturated rings. The summed E-state index contributed by atoms with van der Waals surface area (Å²) in [7, 11) is 0. The molecule has 1 atom stereocenters. The number of hydrogen-bond donors (Lipinski definition) is 1. The van der Waals surface area contributed by atoms with Gasteiger partial charge in [0.05, 0.1) is 0 Å². The van der Waals surface area contributed by atoms with Crippen LogP contribution in [0.15, 0.2) is 0 Å². The van der Waals surface area contributed by atoms with Crippen LogP contribution in [0, 0.1) is 12.3 Å². The van der Waals surface area contributed by atoms with Crippen LogP contribution in [-0.2, 0) is 0 Å². The summed E-state index contributed by atoms with van der Waals surface area (Å²) >= 11 is 0. The van der Waals surface area contributed by atoms with Crippen molar-refractivity contribution >= 4 is 0 Å². The second-order valence-corrected chi connectivity index (χ2v) is 2.89. The molecule has 0 aliphatic carbocycles. The largest absolute Gasteiger partial charge is 0.314 e. The van der Waals surface area contributed by atoms with Gasteiger partial charge in [-0.2, -0.15) is 0 Å². The fourth-order valence-corrected chi connectivity index (χ4v) is 1.45. The number of rotatable bonds is 3. The van der Waals surface area contributed by atoms with E-state index in [-0.39, 0.29) is 0 Å². The summed E-state index contributed by atoms with van der Waals surface area (Å²) in [5, 5.41) is 3.45. The van der Waals surface area contributed by atoms with Crippen molar-refractivity contribution in [1.29, 1.82) is 0 Å². The van der Waals surface area contributed by atoms with Crippen LogP contribution in [0.2, 0.25) is 0 Å². The average molecular weight is 137 g/mol.